The Balaban J connectivity index is 2.07. The van der Waals surface area contributed by atoms with Crippen LogP contribution >= 0.6 is 11.3 Å². The molecule has 124 valence electrons. The normalized spacial score (nSPS) is 13.1. The monoisotopic (exact) mass is 341 g/mol. The lowest BCUT2D eigenvalue weighted by Crippen LogP contribution is -2.32. The molecule has 0 aliphatic heterocycles. The zero-order chi connectivity index (χ0) is 17.0. The second-order valence-corrected chi connectivity index (χ2v) is 6.66. The van der Waals surface area contributed by atoms with Crippen molar-refractivity contribution in [1.29, 1.82) is 0 Å². The number of thiophene rings is 1. The van der Waals surface area contributed by atoms with Gasteiger partial charge < -0.3 is 5.32 Å². The number of alkyl halides is 3. The Morgan fingerprint density at radius 3 is 2.52 bits per heavy atom. The Hall–Kier alpha value is -1.82. The van der Waals surface area contributed by atoms with Crippen molar-refractivity contribution in [3.05, 3.63) is 57.8 Å². The summed E-state index contributed by atoms with van der Waals surface area (Å²) in [5, 5.41) is 4.85. The van der Waals surface area contributed by atoms with Crippen LogP contribution in [0.4, 0.5) is 13.2 Å². The molecule has 0 radical (unpaired) electrons. The third-order valence-electron chi connectivity index (χ3n) is 3.45. The molecule has 1 amide bonds. The molecule has 0 aliphatic carbocycles. The van der Waals surface area contributed by atoms with Crippen LogP contribution in [0.3, 0.4) is 0 Å². The van der Waals surface area contributed by atoms with Crippen molar-refractivity contribution in [2.75, 3.05) is 0 Å². The van der Waals surface area contributed by atoms with E-state index in [9.17, 15) is 18.0 Å². The van der Waals surface area contributed by atoms with Crippen LogP contribution in [-0.2, 0) is 17.4 Å². The van der Waals surface area contributed by atoms with E-state index in [4.69, 9.17) is 0 Å². The first-order valence-electron chi connectivity index (χ1n) is 7.26. The van der Waals surface area contributed by atoms with Crippen molar-refractivity contribution in [2.45, 2.75) is 32.5 Å². The number of hydrogen-bond donors (Lipinski definition) is 1. The summed E-state index contributed by atoms with van der Waals surface area (Å²) in [6.07, 6.45) is -4.47. The molecule has 0 saturated carbocycles. The van der Waals surface area contributed by atoms with Gasteiger partial charge in [-0.1, -0.05) is 38.1 Å². The minimum absolute atomic E-state index is 0.0709. The van der Waals surface area contributed by atoms with E-state index in [0.29, 0.717) is 5.56 Å². The summed E-state index contributed by atoms with van der Waals surface area (Å²) in [6, 6.07) is 8.61. The number of nitrogens with one attached hydrogen (secondary N) is 1. The summed E-state index contributed by atoms with van der Waals surface area (Å²) in [4.78, 5) is 13.2. The molecule has 0 unspecified atom stereocenters. The maximum atomic E-state index is 12.7. The zero-order valence-electron chi connectivity index (χ0n) is 12.9. The lowest BCUT2D eigenvalue weighted by Gasteiger charge is -2.21. The van der Waals surface area contributed by atoms with Gasteiger partial charge in [0.15, 0.2) is 0 Å². The molecule has 2 rings (SSSR count). The standard InChI is InChI=1S/C17H18F3NOS/c1-11(2)16(14-7-4-8-23-14)21-15(22)10-12-5-3-6-13(9-12)17(18,19)20/h3-9,11,16H,10H2,1-2H3,(H,21,22)/t16-/m0/s1. The van der Waals surface area contributed by atoms with Crippen LogP contribution in [0.1, 0.15) is 35.9 Å². The topological polar surface area (TPSA) is 29.1 Å². The number of benzene rings is 1. The number of carbonyl (C=O) groups is 1. The van der Waals surface area contributed by atoms with Crippen LogP contribution < -0.4 is 5.32 Å². The van der Waals surface area contributed by atoms with E-state index >= 15 is 0 Å². The van der Waals surface area contributed by atoms with E-state index in [-0.39, 0.29) is 24.3 Å². The van der Waals surface area contributed by atoms with Crippen LogP contribution in [0, 0.1) is 5.92 Å². The third kappa shape index (κ3) is 4.82. The van der Waals surface area contributed by atoms with Gasteiger partial charge in [-0.3, -0.25) is 4.79 Å². The highest BCUT2D eigenvalue weighted by Crippen LogP contribution is 2.30. The molecule has 6 heteroatoms. The summed E-state index contributed by atoms with van der Waals surface area (Å²) in [6.45, 7) is 3.99. The highest BCUT2D eigenvalue weighted by molar-refractivity contribution is 7.10. The minimum atomic E-state index is -4.40. The van der Waals surface area contributed by atoms with E-state index in [1.807, 2.05) is 31.4 Å². The molecule has 1 heterocycles. The molecule has 1 atom stereocenters. The molecular weight excluding hydrogens is 323 g/mol. The minimum Gasteiger partial charge on any atom is -0.348 e. The first kappa shape index (κ1) is 17.5. The van der Waals surface area contributed by atoms with E-state index in [1.165, 1.54) is 12.1 Å². The SMILES string of the molecule is CC(C)[C@H](NC(=O)Cc1cccc(C(F)(F)F)c1)c1cccs1. The molecule has 0 saturated heterocycles. The van der Waals surface area contributed by atoms with Gasteiger partial charge in [0.2, 0.25) is 5.91 Å². The van der Waals surface area contributed by atoms with Crippen LogP contribution in [0.2, 0.25) is 0 Å². The molecule has 0 fully saturated rings. The van der Waals surface area contributed by atoms with Gasteiger partial charge >= 0.3 is 6.18 Å². The van der Waals surface area contributed by atoms with Gasteiger partial charge in [0.25, 0.3) is 0 Å². The average molecular weight is 341 g/mol. The fraction of sp³-hybridized carbons (Fsp3) is 0.353. The zero-order valence-corrected chi connectivity index (χ0v) is 13.7. The first-order chi connectivity index (χ1) is 10.8. The summed E-state index contributed by atoms with van der Waals surface area (Å²) in [7, 11) is 0. The first-order valence-corrected chi connectivity index (χ1v) is 8.14. The van der Waals surface area contributed by atoms with E-state index in [1.54, 1.807) is 11.3 Å². The van der Waals surface area contributed by atoms with Crippen molar-refractivity contribution < 1.29 is 18.0 Å². The third-order valence-corrected chi connectivity index (χ3v) is 4.41. The quantitative estimate of drug-likeness (QED) is 0.830. The molecular formula is C17H18F3NOS. The predicted molar refractivity (Wildman–Crippen MR) is 85.2 cm³/mol. The van der Waals surface area contributed by atoms with Gasteiger partial charge in [-0.25, -0.2) is 0 Å². The fourth-order valence-electron chi connectivity index (χ4n) is 2.30. The lowest BCUT2D eigenvalue weighted by atomic mass is 10.0. The Kier molecular flexibility index (Phi) is 5.46. The van der Waals surface area contributed by atoms with Crippen LogP contribution in [-0.4, -0.2) is 5.91 Å². The highest BCUT2D eigenvalue weighted by Gasteiger charge is 2.30. The maximum absolute atomic E-state index is 12.7. The lowest BCUT2D eigenvalue weighted by molar-refractivity contribution is -0.137. The Morgan fingerprint density at radius 1 is 1.22 bits per heavy atom. The Morgan fingerprint density at radius 2 is 1.96 bits per heavy atom. The summed E-state index contributed by atoms with van der Waals surface area (Å²) in [5.41, 5.74) is -0.382. The largest absolute Gasteiger partial charge is 0.416 e. The number of hydrogen-bond acceptors (Lipinski definition) is 2. The number of halogens is 3. The van der Waals surface area contributed by atoms with Gasteiger partial charge in [0.1, 0.15) is 0 Å². The van der Waals surface area contributed by atoms with Gasteiger partial charge in [0, 0.05) is 4.88 Å². The number of carbonyl (C=O) groups excluding carboxylic acids is 1. The van der Waals surface area contributed by atoms with Gasteiger partial charge in [-0.15, -0.1) is 11.3 Å². The summed E-state index contributed by atoms with van der Waals surface area (Å²) < 4.78 is 38.1. The van der Waals surface area contributed by atoms with E-state index < -0.39 is 11.7 Å². The fourth-order valence-corrected chi connectivity index (χ4v) is 3.25. The van der Waals surface area contributed by atoms with Crippen molar-refractivity contribution in [2.24, 2.45) is 5.92 Å². The second kappa shape index (κ2) is 7.17. The van der Waals surface area contributed by atoms with Gasteiger partial charge in [0.05, 0.1) is 18.0 Å². The second-order valence-electron chi connectivity index (χ2n) is 5.68. The van der Waals surface area contributed by atoms with Gasteiger partial charge in [-0.2, -0.15) is 13.2 Å². The molecule has 0 bridgehead atoms. The van der Waals surface area contributed by atoms with Crippen molar-refractivity contribution >= 4 is 17.2 Å². The number of amides is 1. The van der Waals surface area contributed by atoms with Crippen LogP contribution in [0.25, 0.3) is 0 Å². The summed E-state index contributed by atoms with van der Waals surface area (Å²) >= 11 is 1.55. The molecule has 0 aliphatic rings. The van der Waals surface area contributed by atoms with Crippen LogP contribution in [0.15, 0.2) is 41.8 Å². The van der Waals surface area contributed by atoms with E-state index in [0.717, 1.165) is 17.0 Å². The summed E-state index contributed by atoms with van der Waals surface area (Å²) in [5.74, 6) is -0.0875. The van der Waals surface area contributed by atoms with Crippen molar-refractivity contribution in [1.82, 2.24) is 5.32 Å². The Bertz CT molecular complexity index is 650. The average Bonchev–Trinajstić information content (AvgIpc) is 2.97. The smallest absolute Gasteiger partial charge is 0.348 e. The van der Waals surface area contributed by atoms with E-state index in [2.05, 4.69) is 5.32 Å². The maximum Gasteiger partial charge on any atom is 0.416 e. The molecule has 23 heavy (non-hydrogen) atoms. The van der Waals surface area contributed by atoms with Crippen molar-refractivity contribution in [3.63, 3.8) is 0 Å². The molecule has 2 nitrogen and oxygen atoms in total. The highest BCUT2D eigenvalue weighted by atomic mass is 32.1. The number of rotatable bonds is 5. The molecule has 1 aromatic heterocycles. The van der Waals surface area contributed by atoms with Gasteiger partial charge in [-0.05, 0) is 29.0 Å². The van der Waals surface area contributed by atoms with Crippen LogP contribution in [0.5, 0.6) is 0 Å². The predicted octanol–water partition coefficient (Wildman–Crippen LogP) is 4.82. The Labute approximate surface area is 137 Å². The molecule has 2 aromatic rings. The molecule has 1 aromatic carbocycles. The van der Waals surface area contributed by atoms with Crippen molar-refractivity contribution in [3.8, 4) is 0 Å². The molecule has 0 spiro atoms. The molecule has 1 N–H and O–H groups in total.